The quantitative estimate of drug-likeness (QED) is 0.765. The summed E-state index contributed by atoms with van der Waals surface area (Å²) in [4.78, 5) is 16.3. The summed E-state index contributed by atoms with van der Waals surface area (Å²) in [5.41, 5.74) is 0.323. The van der Waals surface area contributed by atoms with Crippen molar-refractivity contribution < 1.29 is 9.53 Å². The van der Waals surface area contributed by atoms with Crippen LogP contribution < -0.4 is 0 Å². The topological polar surface area (TPSA) is 56.5 Å². The van der Waals surface area contributed by atoms with E-state index in [9.17, 15) is 4.79 Å². The molecule has 0 unspecified atom stereocenters. The summed E-state index contributed by atoms with van der Waals surface area (Å²) >= 11 is 1.51. The third kappa shape index (κ3) is 2.06. The van der Waals surface area contributed by atoms with Crippen molar-refractivity contribution in [2.75, 3.05) is 6.61 Å². The van der Waals surface area contributed by atoms with Gasteiger partial charge in [0, 0.05) is 6.42 Å². The number of nitrogens with zero attached hydrogens (tertiary/aromatic N) is 3. The van der Waals surface area contributed by atoms with E-state index in [4.69, 9.17) is 4.74 Å². The normalized spacial score (nSPS) is 10.9. The van der Waals surface area contributed by atoms with Gasteiger partial charge in [0.1, 0.15) is 5.01 Å². The average molecular weight is 239 g/mol. The van der Waals surface area contributed by atoms with E-state index in [-0.39, 0.29) is 0 Å². The number of ether oxygens (including phenoxy) is 1. The molecule has 16 heavy (non-hydrogen) atoms. The Labute approximate surface area is 97.1 Å². The Kier molecular flexibility index (Phi) is 3.19. The first-order chi connectivity index (χ1) is 7.74. The van der Waals surface area contributed by atoms with Crippen molar-refractivity contribution in [1.29, 1.82) is 0 Å². The van der Waals surface area contributed by atoms with Crippen LogP contribution in [0.25, 0.3) is 4.96 Å². The van der Waals surface area contributed by atoms with E-state index in [0.717, 1.165) is 22.8 Å². The van der Waals surface area contributed by atoms with Crippen LogP contribution in [0.2, 0.25) is 0 Å². The molecule has 2 aromatic heterocycles. The van der Waals surface area contributed by atoms with Gasteiger partial charge in [0.25, 0.3) is 0 Å². The van der Waals surface area contributed by atoms with Gasteiger partial charge in [-0.1, -0.05) is 18.3 Å². The van der Waals surface area contributed by atoms with Gasteiger partial charge in [-0.05, 0) is 13.3 Å². The summed E-state index contributed by atoms with van der Waals surface area (Å²) in [7, 11) is 0. The first kappa shape index (κ1) is 11.1. The molecular weight excluding hydrogens is 226 g/mol. The molecule has 86 valence electrons. The third-order valence-corrected chi connectivity index (χ3v) is 3.02. The van der Waals surface area contributed by atoms with Crippen molar-refractivity contribution >= 4 is 22.3 Å². The van der Waals surface area contributed by atoms with Crippen molar-refractivity contribution in [1.82, 2.24) is 14.6 Å². The smallest absolute Gasteiger partial charge is 0.358 e. The lowest BCUT2D eigenvalue weighted by atomic mass is 10.4. The van der Waals surface area contributed by atoms with Gasteiger partial charge in [0.2, 0.25) is 4.96 Å². The lowest BCUT2D eigenvalue weighted by Crippen LogP contribution is -2.04. The fourth-order valence-corrected chi connectivity index (χ4v) is 2.34. The van der Waals surface area contributed by atoms with E-state index in [1.165, 1.54) is 11.3 Å². The standard InChI is InChI=1S/C10H13N3O2S/c1-3-5-8-12-13-6-7(9(14)15-4-2)11-10(13)16-8/h6H,3-5H2,1-2H3. The summed E-state index contributed by atoms with van der Waals surface area (Å²) in [6.07, 6.45) is 3.62. The van der Waals surface area contributed by atoms with Crippen LogP contribution >= 0.6 is 11.3 Å². The van der Waals surface area contributed by atoms with E-state index in [1.807, 2.05) is 0 Å². The number of hydrogen-bond acceptors (Lipinski definition) is 5. The predicted molar refractivity (Wildman–Crippen MR) is 60.8 cm³/mol. The largest absolute Gasteiger partial charge is 0.461 e. The van der Waals surface area contributed by atoms with Gasteiger partial charge in [-0.3, -0.25) is 0 Å². The SMILES string of the molecule is CCCc1nn2cc(C(=O)OCC)nc2s1. The fourth-order valence-electron chi connectivity index (χ4n) is 1.36. The molecule has 0 saturated carbocycles. The lowest BCUT2D eigenvalue weighted by Gasteiger charge is -1.95. The van der Waals surface area contributed by atoms with Gasteiger partial charge in [-0.15, -0.1) is 0 Å². The summed E-state index contributed by atoms with van der Waals surface area (Å²) in [6, 6.07) is 0. The van der Waals surface area contributed by atoms with Crippen molar-refractivity contribution in [3.8, 4) is 0 Å². The highest BCUT2D eigenvalue weighted by Crippen LogP contribution is 2.16. The monoisotopic (exact) mass is 239 g/mol. The highest BCUT2D eigenvalue weighted by Gasteiger charge is 2.14. The number of rotatable bonds is 4. The Balaban J connectivity index is 2.25. The molecule has 0 bridgehead atoms. The molecule has 0 saturated heterocycles. The number of carbonyl (C=O) groups excluding carboxylic acids is 1. The molecule has 0 aromatic carbocycles. The molecule has 0 aliphatic carbocycles. The van der Waals surface area contributed by atoms with Gasteiger partial charge < -0.3 is 4.74 Å². The van der Waals surface area contributed by atoms with Crippen LogP contribution in [0.3, 0.4) is 0 Å². The first-order valence-electron chi connectivity index (χ1n) is 5.26. The minimum Gasteiger partial charge on any atom is -0.461 e. The highest BCUT2D eigenvalue weighted by atomic mass is 32.1. The van der Waals surface area contributed by atoms with Gasteiger partial charge in [-0.25, -0.2) is 14.3 Å². The zero-order valence-electron chi connectivity index (χ0n) is 9.27. The summed E-state index contributed by atoms with van der Waals surface area (Å²) in [6.45, 7) is 4.24. The number of aryl methyl sites for hydroxylation is 1. The molecular formula is C10H13N3O2S. The number of esters is 1. The molecule has 0 spiro atoms. The van der Waals surface area contributed by atoms with Crippen LogP contribution in [0.15, 0.2) is 6.20 Å². The molecule has 6 heteroatoms. The summed E-state index contributed by atoms with van der Waals surface area (Å²) < 4.78 is 6.51. The van der Waals surface area contributed by atoms with E-state index in [0.29, 0.717) is 12.3 Å². The lowest BCUT2D eigenvalue weighted by molar-refractivity contribution is 0.0520. The van der Waals surface area contributed by atoms with Gasteiger partial charge in [-0.2, -0.15) is 5.10 Å². The zero-order chi connectivity index (χ0) is 11.5. The maximum Gasteiger partial charge on any atom is 0.358 e. The van der Waals surface area contributed by atoms with Gasteiger partial charge in [0.05, 0.1) is 12.8 Å². The maximum atomic E-state index is 11.4. The maximum absolute atomic E-state index is 11.4. The molecule has 0 atom stereocenters. The van der Waals surface area contributed by atoms with E-state index < -0.39 is 5.97 Å². The molecule has 2 rings (SSSR count). The Morgan fingerprint density at radius 3 is 3.00 bits per heavy atom. The number of carbonyl (C=O) groups is 1. The van der Waals surface area contributed by atoms with Crippen LogP contribution in [0, 0.1) is 0 Å². The molecule has 2 heterocycles. The third-order valence-electron chi connectivity index (χ3n) is 2.03. The van der Waals surface area contributed by atoms with Gasteiger partial charge >= 0.3 is 5.97 Å². The molecule has 2 aromatic rings. The van der Waals surface area contributed by atoms with Crippen molar-refractivity contribution in [3.05, 3.63) is 16.9 Å². The van der Waals surface area contributed by atoms with Crippen LogP contribution in [-0.2, 0) is 11.2 Å². The second kappa shape index (κ2) is 4.61. The molecule has 0 aliphatic rings. The number of aromatic nitrogens is 3. The fraction of sp³-hybridized carbons (Fsp3) is 0.500. The highest BCUT2D eigenvalue weighted by molar-refractivity contribution is 7.16. The minimum atomic E-state index is -0.391. The molecule has 0 amide bonds. The Bertz CT molecular complexity index is 472. The second-order valence-electron chi connectivity index (χ2n) is 3.32. The summed E-state index contributed by atoms with van der Waals surface area (Å²) in [5.74, 6) is -0.391. The molecule has 0 aliphatic heterocycles. The second-order valence-corrected chi connectivity index (χ2v) is 4.36. The zero-order valence-corrected chi connectivity index (χ0v) is 10.1. The van der Waals surface area contributed by atoms with E-state index in [1.54, 1.807) is 17.6 Å². The Hall–Kier alpha value is -1.43. The van der Waals surface area contributed by atoms with Crippen molar-refractivity contribution in [3.63, 3.8) is 0 Å². The van der Waals surface area contributed by atoms with Crippen molar-refractivity contribution in [2.45, 2.75) is 26.7 Å². The molecule has 0 radical (unpaired) electrons. The van der Waals surface area contributed by atoms with Gasteiger partial charge in [0.15, 0.2) is 5.69 Å². The van der Waals surface area contributed by atoms with Crippen LogP contribution in [0.5, 0.6) is 0 Å². The molecule has 0 N–H and O–H groups in total. The average Bonchev–Trinajstić information content (AvgIpc) is 2.76. The van der Waals surface area contributed by atoms with Crippen LogP contribution in [-0.4, -0.2) is 27.2 Å². The van der Waals surface area contributed by atoms with Crippen LogP contribution in [0.1, 0.15) is 35.8 Å². The van der Waals surface area contributed by atoms with E-state index in [2.05, 4.69) is 17.0 Å². The van der Waals surface area contributed by atoms with E-state index >= 15 is 0 Å². The predicted octanol–water partition coefficient (Wildman–Crippen LogP) is 1.92. The first-order valence-corrected chi connectivity index (χ1v) is 6.08. The molecule has 0 fully saturated rings. The van der Waals surface area contributed by atoms with Crippen molar-refractivity contribution in [2.24, 2.45) is 0 Å². The van der Waals surface area contributed by atoms with Crippen LogP contribution in [0.4, 0.5) is 0 Å². The summed E-state index contributed by atoms with van der Waals surface area (Å²) in [5, 5.41) is 5.37. The Morgan fingerprint density at radius 2 is 2.38 bits per heavy atom. The minimum absolute atomic E-state index is 0.323. The number of hydrogen-bond donors (Lipinski definition) is 0. The number of fused-ring (bicyclic) bond motifs is 1. The Morgan fingerprint density at radius 1 is 1.56 bits per heavy atom. The number of imidazole rings is 1. The molecule has 5 nitrogen and oxygen atoms in total.